The van der Waals surface area contributed by atoms with Gasteiger partial charge in [-0.25, -0.2) is 0 Å². The summed E-state index contributed by atoms with van der Waals surface area (Å²) in [7, 11) is 0. The number of rotatable bonds is 3. The highest BCUT2D eigenvalue weighted by Crippen LogP contribution is 2.30. The summed E-state index contributed by atoms with van der Waals surface area (Å²) < 4.78 is 0. The SMILES string of the molecule is Cc1c(C(=O)N[C@H]2CCCc3ccccc32)cccc1[N+](=O)[O-]. The van der Waals surface area contributed by atoms with Crippen molar-refractivity contribution in [1.29, 1.82) is 0 Å². The number of fused-ring (bicyclic) bond motifs is 1. The van der Waals surface area contributed by atoms with Gasteiger partial charge in [0.25, 0.3) is 11.6 Å². The lowest BCUT2D eigenvalue weighted by Gasteiger charge is -2.26. The molecular weight excluding hydrogens is 292 g/mol. The molecule has 3 rings (SSSR count). The van der Waals surface area contributed by atoms with Gasteiger partial charge < -0.3 is 5.32 Å². The van der Waals surface area contributed by atoms with Crippen LogP contribution in [0.5, 0.6) is 0 Å². The smallest absolute Gasteiger partial charge is 0.273 e. The number of nitrogens with zero attached hydrogens (tertiary/aromatic N) is 1. The first-order valence-corrected chi connectivity index (χ1v) is 7.70. The summed E-state index contributed by atoms with van der Waals surface area (Å²) in [5.41, 5.74) is 3.15. The van der Waals surface area contributed by atoms with E-state index in [0.29, 0.717) is 11.1 Å². The van der Waals surface area contributed by atoms with Crippen LogP contribution in [0.25, 0.3) is 0 Å². The molecule has 1 aliphatic rings. The van der Waals surface area contributed by atoms with Gasteiger partial charge in [-0.15, -0.1) is 0 Å². The number of carbonyl (C=O) groups excluding carboxylic acids is 1. The van der Waals surface area contributed by atoms with E-state index >= 15 is 0 Å². The number of carbonyl (C=O) groups is 1. The summed E-state index contributed by atoms with van der Waals surface area (Å²) >= 11 is 0. The second-order valence-electron chi connectivity index (χ2n) is 5.82. The average Bonchev–Trinajstić information content (AvgIpc) is 2.55. The minimum absolute atomic E-state index is 0.0262. The Morgan fingerprint density at radius 2 is 2.00 bits per heavy atom. The molecule has 0 fully saturated rings. The molecule has 2 aromatic rings. The largest absolute Gasteiger partial charge is 0.345 e. The van der Waals surface area contributed by atoms with E-state index in [-0.39, 0.29) is 17.6 Å². The Labute approximate surface area is 134 Å². The number of hydrogen-bond donors (Lipinski definition) is 1. The number of nitrogens with one attached hydrogen (secondary N) is 1. The summed E-state index contributed by atoms with van der Waals surface area (Å²) in [6.45, 7) is 1.61. The van der Waals surface area contributed by atoms with Crippen LogP contribution in [0.1, 0.15) is 45.9 Å². The summed E-state index contributed by atoms with van der Waals surface area (Å²) in [4.78, 5) is 23.2. The van der Waals surface area contributed by atoms with Gasteiger partial charge in [0.15, 0.2) is 0 Å². The molecule has 0 saturated carbocycles. The zero-order valence-corrected chi connectivity index (χ0v) is 12.9. The van der Waals surface area contributed by atoms with Crippen LogP contribution in [0.4, 0.5) is 5.69 Å². The number of hydrogen-bond acceptors (Lipinski definition) is 3. The first kappa shape index (κ1) is 15.2. The third-order valence-corrected chi connectivity index (χ3v) is 4.42. The van der Waals surface area contributed by atoms with Crippen molar-refractivity contribution in [1.82, 2.24) is 5.32 Å². The van der Waals surface area contributed by atoms with E-state index in [9.17, 15) is 14.9 Å². The number of amides is 1. The normalized spacial score (nSPS) is 16.5. The maximum Gasteiger partial charge on any atom is 0.273 e. The molecule has 118 valence electrons. The standard InChI is InChI=1S/C18H18N2O3/c1-12-14(9-5-11-17(12)20(22)23)18(21)19-16-10-4-7-13-6-2-3-8-15(13)16/h2-3,5-6,8-9,11,16H,4,7,10H2,1H3,(H,19,21)/t16-/m0/s1. The average molecular weight is 310 g/mol. The lowest BCUT2D eigenvalue weighted by atomic mass is 9.87. The third-order valence-electron chi connectivity index (χ3n) is 4.42. The van der Waals surface area contributed by atoms with Gasteiger partial charge in [-0.2, -0.15) is 0 Å². The van der Waals surface area contributed by atoms with Gasteiger partial charge in [-0.1, -0.05) is 30.3 Å². The topological polar surface area (TPSA) is 72.2 Å². The Hall–Kier alpha value is -2.69. The van der Waals surface area contributed by atoms with E-state index < -0.39 is 4.92 Å². The molecule has 1 atom stereocenters. The summed E-state index contributed by atoms with van der Waals surface area (Å²) in [5.74, 6) is -0.257. The Balaban J connectivity index is 1.86. The molecule has 1 N–H and O–H groups in total. The van der Waals surface area contributed by atoms with E-state index in [1.54, 1.807) is 19.1 Å². The van der Waals surface area contributed by atoms with Crippen LogP contribution in [-0.4, -0.2) is 10.8 Å². The van der Waals surface area contributed by atoms with Crippen LogP contribution in [0.3, 0.4) is 0 Å². The van der Waals surface area contributed by atoms with Crippen LogP contribution >= 0.6 is 0 Å². The summed E-state index contributed by atoms with van der Waals surface area (Å²) in [6.07, 6.45) is 2.94. The molecule has 0 bridgehead atoms. The third kappa shape index (κ3) is 2.95. The lowest BCUT2D eigenvalue weighted by Crippen LogP contribution is -2.31. The minimum Gasteiger partial charge on any atom is -0.345 e. The molecule has 23 heavy (non-hydrogen) atoms. The van der Waals surface area contributed by atoms with Crippen LogP contribution in [0.15, 0.2) is 42.5 Å². The maximum absolute atomic E-state index is 12.6. The molecule has 5 nitrogen and oxygen atoms in total. The van der Waals surface area contributed by atoms with Crippen molar-refractivity contribution >= 4 is 11.6 Å². The van der Waals surface area contributed by atoms with Gasteiger partial charge in [-0.05, 0) is 43.4 Å². The number of aryl methyl sites for hydroxylation is 1. The van der Waals surface area contributed by atoms with Gasteiger partial charge in [-0.3, -0.25) is 14.9 Å². The first-order chi connectivity index (χ1) is 11.1. The van der Waals surface area contributed by atoms with Crippen LogP contribution in [-0.2, 0) is 6.42 Å². The number of nitro groups is 1. The Morgan fingerprint density at radius 3 is 2.78 bits per heavy atom. The van der Waals surface area contributed by atoms with Gasteiger partial charge in [0.05, 0.1) is 11.0 Å². The fourth-order valence-corrected chi connectivity index (χ4v) is 3.21. The van der Waals surface area contributed by atoms with Crippen LogP contribution in [0, 0.1) is 17.0 Å². The molecule has 2 aromatic carbocycles. The van der Waals surface area contributed by atoms with Crippen molar-refractivity contribution in [3.05, 3.63) is 74.8 Å². The van der Waals surface area contributed by atoms with Crippen molar-refractivity contribution < 1.29 is 9.72 Å². The van der Waals surface area contributed by atoms with Crippen molar-refractivity contribution in [3.63, 3.8) is 0 Å². The molecule has 0 aromatic heterocycles. The van der Waals surface area contributed by atoms with Crippen molar-refractivity contribution in [3.8, 4) is 0 Å². The Bertz CT molecular complexity index is 771. The molecule has 0 saturated heterocycles. The highest BCUT2D eigenvalue weighted by Gasteiger charge is 2.24. The minimum atomic E-state index is -0.456. The summed E-state index contributed by atoms with van der Waals surface area (Å²) in [6, 6.07) is 12.7. The fourth-order valence-electron chi connectivity index (χ4n) is 3.21. The van der Waals surface area contributed by atoms with E-state index in [1.165, 1.54) is 11.6 Å². The van der Waals surface area contributed by atoms with E-state index in [2.05, 4.69) is 11.4 Å². The van der Waals surface area contributed by atoms with E-state index in [4.69, 9.17) is 0 Å². The molecule has 0 radical (unpaired) electrons. The predicted octanol–water partition coefficient (Wildman–Crippen LogP) is 3.71. The molecular formula is C18H18N2O3. The molecule has 0 aliphatic heterocycles. The van der Waals surface area contributed by atoms with Crippen LogP contribution < -0.4 is 5.32 Å². The quantitative estimate of drug-likeness (QED) is 0.694. The molecule has 0 spiro atoms. The first-order valence-electron chi connectivity index (χ1n) is 7.70. The van der Waals surface area contributed by atoms with E-state index in [1.807, 2.05) is 18.2 Å². The molecule has 1 aliphatic carbocycles. The molecule has 0 heterocycles. The van der Waals surface area contributed by atoms with Gasteiger partial charge >= 0.3 is 0 Å². The zero-order valence-electron chi connectivity index (χ0n) is 12.9. The van der Waals surface area contributed by atoms with Gasteiger partial charge in [0.1, 0.15) is 0 Å². The monoisotopic (exact) mass is 310 g/mol. The Morgan fingerprint density at radius 1 is 1.22 bits per heavy atom. The molecule has 1 amide bonds. The summed E-state index contributed by atoms with van der Waals surface area (Å²) in [5, 5.41) is 14.1. The Kier molecular flexibility index (Phi) is 4.10. The second-order valence-corrected chi connectivity index (χ2v) is 5.82. The predicted molar refractivity (Wildman–Crippen MR) is 87.4 cm³/mol. The molecule has 0 unspecified atom stereocenters. The maximum atomic E-state index is 12.6. The lowest BCUT2D eigenvalue weighted by molar-refractivity contribution is -0.385. The van der Waals surface area contributed by atoms with Crippen molar-refractivity contribution in [2.45, 2.75) is 32.2 Å². The van der Waals surface area contributed by atoms with Crippen molar-refractivity contribution in [2.24, 2.45) is 0 Å². The van der Waals surface area contributed by atoms with E-state index in [0.717, 1.165) is 24.8 Å². The van der Waals surface area contributed by atoms with Crippen molar-refractivity contribution in [2.75, 3.05) is 0 Å². The van der Waals surface area contributed by atoms with Crippen LogP contribution in [0.2, 0.25) is 0 Å². The van der Waals surface area contributed by atoms with Gasteiger partial charge in [0.2, 0.25) is 0 Å². The highest BCUT2D eigenvalue weighted by atomic mass is 16.6. The number of nitro benzene ring substituents is 1. The zero-order chi connectivity index (χ0) is 16.4. The van der Waals surface area contributed by atoms with Gasteiger partial charge in [0, 0.05) is 17.2 Å². The second kappa shape index (κ2) is 6.20. The highest BCUT2D eigenvalue weighted by molar-refractivity contribution is 5.96. The number of benzene rings is 2. The molecule has 5 heteroatoms. The fraction of sp³-hybridized carbons (Fsp3) is 0.278.